The zero-order chi connectivity index (χ0) is 26.5. The maximum absolute atomic E-state index is 12.8. The van der Waals surface area contributed by atoms with Crippen LogP contribution in [0.15, 0.2) is 68.2 Å². The Labute approximate surface area is 211 Å². The van der Waals surface area contributed by atoms with E-state index in [2.05, 4.69) is 15.4 Å². The second-order valence-electron chi connectivity index (χ2n) is 8.09. The van der Waals surface area contributed by atoms with Gasteiger partial charge in [-0.25, -0.2) is 4.79 Å². The Bertz CT molecular complexity index is 1520. The van der Waals surface area contributed by atoms with E-state index in [1.165, 1.54) is 25.3 Å². The van der Waals surface area contributed by atoms with Gasteiger partial charge in [0.05, 0.1) is 38.3 Å². The first-order valence-electron chi connectivity index (χ1n) is 11.2. The maximum atomic E-state index is 12.8. The van der Waals surface area contributed by atoms with Crippen molar-refractivity contribution in [2.24, 2.45) is 0 Å². The van der Waals surface area contributed by atoms with Crippen molar-refractivity contribution in [1.29, 1.82) is 0 Å². The molecule has 2 N–H and O–H groups in total. The fourth-order valence-corrected chi connectivity index (χ4v) is 3.71. The number of amides is 2. The molecule has 37 heavy (non-hydrogen) atoms. The summed E-state index contributed by atoms with van der Waals surface area (Å²) in [6.07, 6.45) is -0.193. The number of carbonyl (C=O) groups excluding carboxylic acids is 3. The molecule has 2 aromatic carbocycles. The van der Waals surface area contributed by atoms with Crippen LogP contribution in [0.4, 0.5) is 5.69 Å². The molecule has 0 spiro atoms. The van der Waals surface area contributed by atoms with Crippen molar-refractivity contribution in [3.8, 4) is 17.1 Å². The number of anilines is 1. The Morgan fingerprint density at radius 2 is 1.59 bits per heavy atom. The van der Waals surface area contributed by atoms with E-state index >= 15 is 0 Å². The van der Waals surface area contributed by atoms with Crippen molar-refractivity contribution in [2.45, 2.75) is 13.3 Å². The first kappa shape index (κ1) is 25.2. The monoisotopic (exact) mass is 504 g/mol. The lowest BCUT2D eigenvalue weighted by molar-refractivity contribution is -0.123. The van der Waals surface area contributed by atoms with E-state index in [4.69, 9.17) is 13.6 Å². The highest BCUT2D eigenvalue weighted by atomic mass is 16.5. The number of furan rings is 1. The highest BCUT2D eigenvalue weighted by molar-refractivity contribution is 5.96. The Kier molecular flexibility index (Phi) is 7.38. The second kappa shape index (κ2) is 10.8. The highest BCUT2D eigenvalue weighted by Crippen LogP contribution is 2.34. The molecule has 190 valence electrons. The van der Waals surface area contributed by atoms with Crippen LogP contribution < -0.4 is 20.8 Å². The molecule has 0 aliphatic heterocycles. The van der Waals surface area contributed by atoms with Crippen LogP contribution in [0.5, 0.6) is 5.75 Å². The van der Waals surface area contributed by atoms with E-state index in [0.717, 1.165) is 0 Å². The average molecular weight is 504 g/mol. The van der Waals surface area contributed by atoms with E-state index in [-0.39, 0.29) is 29.6 Å². The molecule has 0 bridgehead atoms. The fraction of sp³-hybridized carbons (Fsp3) is 0.185. The summed E-state index contributed by atoms with van der Waals surface area (Å²) < 4.78 is 21.4. The lowest BCUT2D eigenvalue weighted by Crippen LogP contribution is -2.33. The number of rotatable bonds is 8. The van der Waals surface area contributed by atoms with Crippen molar-refractivity contribution in [1.82, 2.24) is 5.32 Å². The van der Waals surface area contributed by atoms with Crippen LogP contribution in [0.3, 0.4) is 0 Å². The summed E-state index contributed by atoms with van der Waals surface area (Å²) in [6.45, 7) is 1.33. The molecule has 0 atom stereocenters. The third kappa shape index (κ3) is 5.69. The largest absolute Gasteiger partial charge is 0.497 e. The van der Waals surface area contributed by atoms with E-state index in [0.29, 0.717) is 39.6 Å². The molecule has 0 saturated heterocycles. The van der Waals surface area contributed by atoms with Gasteiger partial charge in [-0.15, -0.1) is 0 Å². The summed E-state index contributed by atoms with van der Waals surface area (Å²) in [5.41, 5.74) is 1.63. The van der Waals surface area contributed by atoms with Gasteiger partial charge in [-0.2, -0.15) is 0 Å². The molecule has 0 aliphatic carbocycles. The molecule has 0 fully saturated rings. The van der Waals surface area contributed by atoms with Gasteiger partial charge in [0.1, 0.15) is 17.3 Å². The van der Waals surface area contributed by atoms with Crippen LogP contribution in [0, 0.1) is 6.92 Å². The van der Waals surface area contributed by atoms with Gasteiger partial charge in [-0.1, -0.05) is 0 Å². The van der Waals surface area contributed by atoms with E-state index < -0.39 is 17.8 Å². The van der Waals surface area contributed by atoms with Gasteiger partial charge in [0.2, 0.25) is 22.8 Å². The van der Waals surface area contributed by atoms with E-state index in [1.807, 2.05) is 0 Å². The average Bonchev–Trinajstić information content (AvgIpc) is 3.25. The van der Waals surface area contributed by atoms with Gasteiger partial charge >= 0.3 is 5.97 Å². The minimum absolute atomic E-state index is 0.00682. The molecular formula is C27H24N2O8. The molecule has 4 aromatic rings. The number of carbonyl (C=O) groups is 3. The van der Waals surface area contributed by atoms with E-state index in [1.54, 1.807) is 50.4 Å². The number of nitrogens with one attached hydrogen (secondary N) is 2. The molecule has 0 saturated carbocycles. The smallest absolute Gasteiger partial charge is 0.337 e. The Morgan fingerprint density at radius 3 is 2.24 bits per heavy atom. The Hall–Kier alpha value is -4.86. The summed E-state index contributed by atoms with van der Waals surface area (Å²) in [5, 5.41) is 5.20. The van der Waals surface area contributed by atoms with Gasteiger partial charge in [0.15, 0.2) is 5.58 Å². The van der Waals surface area contributed by atoms with Gasteiger partial charge < -0.3 is 28.9 Å². The lowest BCUT2D eigenvalue weighted by atomic mass is 10.1. The number of hydrogen-bond donors (Lipinski definition) is 2. The minimum Gasteiger partial charge on any atom is -0.497 e. The lowest BCUT2D eigenvalue weighted by Gasteiger charge is -2.08. The van der Waals surface area contributed by atoms with Crippen LogP contribution in [0.2, 0.25) is 0 Å². The van der Waals surface area contributed by atoms with Crippen LogP contribution >= 0.6 is 0 Å². The summed E-state index contributed by atoms with van der Waals surface area (Å²) in [5.74, 6) is -0.105. The third-order valence-electron chi connectivity index (χ3n) is 5.51. The molecule has 2 amide bonds. The second-order valence-corrected chi connectivity index (χ2v) is 8.09. The standard InChI is InChI=1S/C27H24N2O8/c1-15-12-21(30)26-25(36-15)20(24(37-26)16-6-10-19(34-2)11-7-16)13-22(31)28-14-23(32)29-18-8-4-17(5-9-18)27(33)35-3/h4-12H,13-14H2,1-3H3,(H,28,31)(H,29,32). The number of hydrogen-bond acceptors (Lipinski definition) is 8. The third-order valence-corrected chi connectivity index (χ3v) is 5.51. The number of fused-ring (bicyclic) bond motifs is 1. The quantitative estimate of drug-likeness (QED) is 0.348. The zero-order valence-electron chi connectivity index (χ0n) is 20.4. The number of ether oxygens (including phenoxy) is 2. The summed E-state index contributed by atoms with van der Waals surface area (Å²) in [6, 6.07) is 14.4. The zero-order valence-corrected chi connectivity index (χ0v) is 20.4. The van der Waals surface area contributed by atoms with Gasteiger partial charge in [0.25, 0.3) is 0 Å². The van der Waals surface area contributed by atoms with Gasteiger partial charge in [-0.3, -0.25) is 14.4 Å². The van der Waals surface area contributed by atoms with E-state index in [9.17, 15) is 19.2 Å². The predicted molar refractivity (Wildman–Crippen MR) is 135 cm³/mol. The molecule has 0 radical (unpaired) electrons. The number of methoxy groups -OCH3 is 2. The summed E-state index contributed by atoms with van der Waals surface area (Å²) in [4.78, 5) is 49.1. The van der Waals surface area contributed by atoms with Gasteiger partial charge in [-0.05, 0) is 55.5 Å². The van der Waals surface area contributed by atoms with Crippen molar-refractivity contribution >= 4 is 34.6 Å². The SMILES string of the molecule is COC(=O)c1ccc(NC(=O)CNC(=O)Cc2c(-c3ccc(OC)cc3)oc3c(=O)cc(C)oc23)cc1. The molecule has 2 aromatic heterocycles. The van der Waals surface area contributed by atoms with Crippen molar-refractivity contribution in [3.05, 3.63) is 81.7 Å². The first-order chi connectivity index (χ1) is 17.8. The molecule has 0 aliphatic rings. The molecule has 0 unspecified atom stereocenters. The number of esters is 1. The molecule has 4 rings (SSSR count). The Morgan fingerprint density at radius 1 is 0.892 bits per heavy atom. The fourth-order valence-electron chi connectivity index (χ4n) is 3.71. The van der Waals surface area contributed by atoms with Crippen LogP contribution in [-0.2, 0) is 20.7 Å². The van der Waals surface area contributed by atoms with Crippen molar-refractivity contribution < 1.29 is 32.7 Å². The summed E-state index contributed by atoms with van der Waals surface area (Å²) in [7, 11) is 2.83. The van der Waals surface area contributed by atoms with Crippen molar-refractivity contribution in [3.63, 3.8) is 0 Å². The molecule has 2 heterocycles. The Balaban J connectivity index is 1.49. The van der Waals surface area contributed by atoms with Crippen LogP contribution in [0.25, 0.3) is 22.5 Å². The number of aryl methyl sites for hydroxylation is 1. The van der Waals surface area contributed by atoms with Crippen LogP contribution in [-0.4, -0.2) is 38.5 Å². The topological polar surface area (TPSA) is 137 Å². The molecule has 10 nitrogen and oxygen atoms in total. The molecular weight excluding hydrogens is 480 g/mol. The van der Waals surface area contributed by atoms with Crippen LogP contribution in [0.1, 0.15) is 21.7 Å². The minimum atomic E-state index is -0.489. The predicted octanol–water partition coefficient (Wildman–Crippen LogP) is 3.45. The normalized spacial score (nSPS) is 10.7. The van der Waals surface area contributed by atoms with Crippen molar-refractivity contribution in [2.75, 3.05) is 26.1 Å². The maximum Gasteiger partial charge on any atom is 0.337 e. The molecule has 10 heteroatoms. The highest BCUT2D eigenvalue weighted by Gasteiger charge is 2.23. The first-order valence-corrected chi connectivity index (χ1v) is 11.2. The number of benzene rings is 2. The van der Waals surface area contributed by atoms with Gasteiger partial charge in [0, 0.05) is 17.3 Å². The summed E-state index contributed by atoms with van der Waals surface area (Å²) >= 11 is 0.